The molecule has 2 amide bonds. The molecule has 7 aromatic rings. The number of carbonyl (C=O) groups excluding carboxylic acids is 2. The molecule has 6 heterocycles. The number of aliphatic hydroxyl groups excluding tert-OH is 1. The number of aromatic amines is 1. The second kappa shape index (κ2) is 23.8. The number of hydrogen-bond acceptors (Lipinski definition) is 15. The van der Waals surface area contributed by atoms with Crippen molar-refractivity contribution in [1.29, 1.82) is 0 Å². The highest BCUT2D eigenvalue weighted by molar-refractivity contribution is 6.35. The number of likely N-dealkylation sites (tertiary alicyclic amines) is 1. The number of rotatable bonds is 20. The van der Waals surface area contributed by atoms with Crippen LogP contribution < -0.4 is 25.0 Å². The van der Waals surface area contributed by atoms with E-state index >= 15 is 4.39 Å². The summed E-state index contributed by atoms with van der Waals surface area (Å²) in [7, 11) is 1.63. The molecule has 1 aliphatic carbocycles. The SMILES string of the molecule is CCC1CN(c2nc(OC[C@H](C)OC)nc3c(OCc4ccc(C5CN(C(C(=O)N6CCCC6C(=O)NC(CO)c6ccc(-c7cccnc7)cc6)C(C)C)N=N5)cc4)c(-c4c(Cl)c(F)cc5[nH]ncc45)c(C4CC4)cc23)CCN1. The van der Waals surface area contributed by atoms with Crippen molar-refractivity contribution in [2.75, 3.05) is 57.9 Å². The summed E-state index contributed by atoms with van der Waals surface area (Å²) >= 11 is 7.05. The summed E-state index contributed by atoms with van der Waals surface area (Å²) in [5.74, 6) is 0.0948. The Kier molecular flexibility index (Phi) is 16.2. The fourth-order valence-corrected chi connectivity index (χ4v) is 11.6. The van der Waals surface area contributed by atoms with Crippen LogP contribution in [-0.4, -0.2) is 129 Å². The van der Waals surface area contributed by atoms with Crippen LogP contribution in [-0.2, 0) is 20.9 Å². The van der Waals surface area contributed by atoms with E-state index in [1.54, 1.807) is 35.6 Å². The van der Waals surface area contributed by atoms with Gasteiger partial charge in [0.15, 0.2) is 5.75 Å². The van der Waals surface area contributed by atoms with E-state index in [0.29, 0.717) is 65.8 Å². The molecular weight excluding hydrogens is 1040 g/mol. The molecule has 0 spiro atoms. The molecule has 418 valence electrons. The van der Waals surface area contributed by atoms with E-state index in [2.05, 4.69) is 54.0 Å². The lowest BCUT2D eigenvalue weighted by Crippen LogP contribution is -2.54. The van der Waals surface area contributed by atoms with Crippen molar-refractivity contribution >= 4 is 51.0 Å². The molecule has 80 heavy (non-hydrogen) atoms. The Labute approximate surface area is 469 Å². The maximum absolute atomic E-state index is 16.0. The van der Waals surface area contributed by atoms with E-state index in [0.717, 1.165) is 76.9 Å². The number of ether oxygens (including phenoxy) is 3. The third-order valence-corrected chi connectivity index (χ3v) is 16.4. The van der Waals surface area contributed by atoms with Crippen molar-refractivity contribution in [1.82, 2.24) is 45.7 Å². The number of aliphatic hydroxyl groups is 1. The maximum atomic E-state index is 16.0. The van der Waals surface area contributed by atoms with Crippen molar-refractivity contribution in [3.63, 3.8) is 0 Å². The average molecular weight is 1110 g/mol. The number of nitrogens with one attached hydrogen (secondary N) is 3. The summed E-state index contributed by atoms with van der Waals surface area (Å²) in [5, 5.41) is 36.8. The second-order valence-electron chi connectivity index (χ2n) is 21.8. The van der Waals surface area contributed by atoms with Gasteiger partial charge in [0.1, 0.15) is 48.5 Å². The van der Waals surface area contributed by atoms with E-state index in [-0.39, 0.29) is 72.7 Å². The van der Waals surface area contributed by atoms with E-state index in [1.165, 1.54) is 6.07 Å². The van der Waals surface area contributed by atoms with Gasteiger partial charge in [-0.1, -0.05) is 92.2 Å². The third-order valence-electron chi connectivity index (χ3n) is 16.0. The monoisotopic (exact) mass is 1110 g/mol. The first kappa shape index (κ1) is 54.6. The van der Waals surface area contributed by atoms with Crippen LogP contribution in [0.2, 0.25) is 5.02 Å². The number of halogens is 2. The van der Waals surface area contributed by atoms with Gasteiger partial charge in [-0.25, -0.2) is 4.39 Å². The summed E-state index contributed by atoms with van der Waals surface area (Å²) < 4.78 is 34.9. The highest BCUT2D eigenvalue weighted by atomic mass is 35.5. The van der Waals surface area contributed by atoms with Crippen LogP contribution in [0.3, 0.4) is 0 Å². The molecule has 11 rings (SSSR count). The summed E-state index contributed by atoms with van der Waals surface area (Å²) in [6, 6.07) is 21.0. The van der Waals surface area contributed by atoms with E-state index in [1.807, 2.05) is 81.4 Å². The predicted molar refractivity (Wildman–Crippen MR) is 304 cm³/mol. The van der Waals surface area contributed by atoms with Gasteiger partial charge in [0.2, 0.25) is 11.8 Å². The highest BCUT2D eigenvalue weighted by Gasteiger charge is 2.43. The highest BCUT2D eigenvalue weighted by Crippen LogP contribution is 2.54. The lowest BCUT2D eigenvalue weighted by Gasteiger charge is -2.35. The minimum Gasteiger partial charge on any atom is -0.486 e. The Morgan fingerprint density at radius 1 is 0.938 bits per heavy atom. The molecule has 4 N–H and O–H groups in total. The largest absolute Gasteiger partial charge is 0.486 e. The summed E-state index contributed by atoms with van der Waals surface area (Å²) in [6.07, 6.45) is 8.94. The molecule has 0 radical (unpaired) electrons. The maximum Gasteiger partial charge on any atom is 0.319 e. The predicted octanol–water partition coefficient (Wildman–Crippen LogP) is 9.68. The van der Waals surface area contributed by atoms with Crippen molar-refractivity contribution in [2.24, 2.45) is 16.3 Å². The number of aromatic nitrogens is 5. The average Bonchev–Trinajstić information content (AvgIpc) is 3.95. The standard InChI is InChI=1S/C60H68ClFN12O6/c1-6-42-29-72(24-22-64-42)57-44-25-43(38-17-18-38)52(51-45-28-65-69-47(45)26-46(62)53(51)61)56(54(44)67-60(68-57)80-32-35(4)78-5)79-33-36-11-13-39(14-12-36)48-30-74(71-70-48)55(34(2)3)59(77)73-23-8-10-50(73)58(76)66-49(31-75)40-19-15-37(16-20-40)41-9-7-21-63-27-41/h7,9,11-16,19-21,25-28,34-35,38,42,48-50,55,64,75H,6,8,10,17-18,22-24,29-33H2,1-5H3,(H,65,69)(H,66,76)/t35-,42?,48?,49?,50?,55?/m0/s1. The second-order valence-corrected chi connectivity index (χ2v) is 22.1. The molecule has 18 nitrogen and oxygen atoms in total. The Bertz CT molecular complexity index is 3380. The molecule has 20 heteroatoms. The Morgan fingerprint density at radius 3 is 2.48 bits per heavy atom. The van der Waals surface area contributed by atoms with Crippen LogP contribution >= 0.6 is 11.6 Å². The summed E-state index contributed by atoms with van der Waals surface area (Å²) in [6.45, 7) is 11.1. The van der Waals surface area contributed by atoms with Crippen LogP contribution in [0, 0.1) is 11.7 Å². The Morgan fingerprint density at radius 2 is 1.75 bits per heavy atom. The van der Waals surface area contributed by atoms with E-state index in [4.69, 9.17) is 35.8 Å². The normalized spacial score (nSPS) is 19.5. The quantitative estimate of drug-likeness (QED) is 0.0561. The first-order valence-corrected chi connectivity index (χ1v) is 28.2. The number of fused-ring (bicyclic) bond motifs is 2. The number of hydrogen-bond donors (Lipinski definition) is 4. The van der Waals surface area contributed by atoms with Gasteiger partial charge < -0.3 is 39.8 Å². The zero-order valence-electron chi connectivity index (χ0n) is 45.7. The van der Waals surface area contributed by atoms with Gasteiger partial charge in [-0.2, -0.15) is 20.2 Å². The van der Waals surface area contributed by atoms with Gasteiger partial charge in [0.25, 0.3) is 0 Å². The van der Waals surface area contributed by atoms with Gasteiger partial charge in [0, 0.05) is 79.7 Å². The summed E-state index contributed by atoms with van der Waals surface area (Å²) in [4.78, 5) is 46.9. The molecule has 3 aliphatic heterocycles. The molecule has 6 atom stereocenters. The number of amides is 2. The number of benzene rings is 4. The topological polar surface area (TPSA) is 208 Å². The molecule has 4 aliphatic rings. The molecule has 5 unspecified atom stereocenters. The number of anilines is 1. The van der Waals surface area contributed by atoms with Crippen LogP contribution in [0.1, 0.15) is 100 Å². The number of piperazine rings is 1. The van der Waals surface area contributed by atoms with Crippen molar-refractivity contribution in [2.45, 2.75) is 109 Å². The van der Waals surface area contributed by atoms with Gasteiger partial charge in [-0.05, 0) is 96.4 Å². The zero-order valence-corrected chi connectivity index (χ0v) is 46.5. The smallest absolute Gasteiger partial charge is 0.319 e. The fourth-order valence-electron chi connectivity index (χ4n) is 11.4. The minimum absolute atomic E-state index is 0.0412. The van der Waals surface area contributed by atoms with Crippen LogP contribution in [0.5, 0.6) is 11.8 Å². The van der Waals surface area contributed by atoms with Crippen LogP contribution in [0.25, 0.3) is 44.1 Å². The lowest BCUT2D eigenvalue weighted by atomic mass is 9.91. The molecule has 0 bridgehead atoms. The Hall–Kier alpha value is -7.32. The number of nitrogens with zero attached hydrogens (tertiary/aromatic N) is 9. The number of pyridine rings is 1. The van der Waals surface area contributed by atoms with Crippen LogP contribution in [0.15, 0.2) is 102 Å². The molecular formula is C60H68ClFN12O6. The Balaban J connectivity index is 0.843. The summed E-state index contributed by atoms with van der Waals surface area (Å²) in [5.41, 5.74) is 7.54. The van der Waals surface area contributed by atoms with Gasteiger partial charge in [-0.3, -0.25) is 24.7 Å². The lowest BCUT2D eigenvalue weighted by molar-refractivity contribution is -0.144. The van der Waals surface area contributed by atoms with Gasteiger partial charge in [-0.15, -0.1) is 0 Å². The molecule has 3 aromatic heterocycles. The molecule has 2 saturated heterocycles. The van der Waals surface area contributed by atoms with E-state index < -0.39 is 23.9 Å². The van der Waals surface area contributed by atoms with Crippen molar-refractivity contribution in [3.8, 4) is 34.0 Å². The fraction of sp³-hybridized carbons (Fsp3) is 0.433. The molecule has 1 saturated carbocycles. The number of H-pyrrole nitrogens is 1. The van der Waals surface area contributed by atoms with Gasteiger partial charge in [0.05, 0.1) is 42.0 Å². The minimum atomic E-state index is -0.698. The van der Waals surface area contributed by atoms with E-state index in [9.17, 15) is 14.7 Å². The first-order valence-electron chi connectivity index (χ1n) is 27.9. The van der Waals surface area contributed by atoms with Crippen molar-refractivity contribution in [3.05, 3.63) is 124 Å². The van der Waals surface area contributed by atoms with Crippen molar-refractivity contribution < 1.29 is 33.3 Å². The first-order chi connectivity index (χ1) is 38.9. The molecule has 4 aromatic carbocycles. The third kappa shape index (κ3) is 11.2. The zero-order chi connectivity index (χ0) is 55.6. The number of methoxy groups -OCH3 is 1. The van der Waals surface area contributed by atoms with Gasteiger partial charge >= 0.3 is 6.01 Å². The van der Waals surface area contributed by atoms with Crippen LogP contribution in [0.4, 0.5) is 10.2 Å². The number of carbonyl (C=O) groups is 2. The molecule has 3 fully saturated rings.